The summed E-state index contributed by atoms with van der Waals surface area (Å²) in [6.07, 6.45) is -0.109. The number of carbonyl (C=O) groups excluding carboxylic acids is 1. The van der Waals surface area contributed by atoms with Crippen LogP contribution in [0.25, 0.3) is 10.8 Å². The predicted octanol–water partition coefficient (Wildman–Crippen LogP) is 2.20. The van der Waals surface area contributed by atoms with E-state index in [0.717, 1.165) is 10.8 Å². The number of carbonyl (C=O) groups is 2. The lowest BCUT2D eigenvalue weighted by molar-refractivity contribution is -0.137. The zero-order chi connectivity index (χ0) is 15.2. The summed E-state index contributed by atoms with van der Waals surface area (Å²) < 4.78 is 5.42. The van der Waals surface area contributed by atoms with E-state index >= 15 is 0 Å². The molecule has 110 valence electrons. The zero-order valence-electron chi connectivity index (χ0n) is 11.7. The molecule has 1 amide bonds. The zero-order valence-corrected chi connectivity index (χ0v) is 11.7. The molecule has 0 radical (unpaired) electrons. The summed E-state index contributed by atoms with van der Waals surface area (Å²) in [5, 5.41) is 13.3. The third-order valence-electron chi connectivity index (χ3n) is 2.98. The molecule has 0 fully saturated rings. The first-order valence-corrected chi connectivity index (χ1v) is 6.67. The van der Waals surface area contributed by atoms with Gasteiger partial charge in [-0.2, -0.15) is 0 Å². The molecule has 1 unspecified atom stereocenters. The van der Waals surface area contributed by atoms with Crippen molar-refractivity contribution in [1.29, 1.82) is 0 Å². The fourth-order valence-electron chi connectivity index (χ4n) is 2.04. The Morgan fingerprint density at radius 2 is 1.90 bits per heavy atom. The average molecular weight is 287 g/mol. The molecule has 0 aliphatic rings. The van der Waals surface area contributed by atoms with Crippen LogP contribution in [-0.2, 0) is 9.59 Å². The Morgan fingerprint density at radius 1 is 1.19 bits per heavy atom. The van der Waals surface area contributed by atoms with Gasteiger partial charge in [0.1, 0.15) is 5.75 Å². The molecular weight excluding hydrogens is 270 g/mol. The highest BCUT2D eigenvalue weighted by Gasteiger charge is 2.11. The number of carboxylic acid groups (broad SMARTS) is 1. The summed E-state index contributed by atoms with van der Waals surface area (Å²) in [4.78, 5) is 22.2. The topological polar surface area (TPSA) is 75.6 Å². The second-order valence-electron chi connectivity index (χ2n) is 4.86. The molecule has 5 nitrogen and oxygen atoms in total. The first-order chi connectivity index (χ1) is 10.0. The molecular formula is C16H17NO4. The maximum absolute atomic E-state index is 11.6. The Bertz CT molecular complexity index is 654. The Balaban J connectivity index is 1.89. The van der Waals surface area contributed by atoms with Crippen LogP contribution in [0.5, 0.6) is 5.75 Å². The molecule has 2 rings (SSSR count). The van der Waals surface area contributed by atoms with Gasteiger partial charge < -0.3 is 15.2 Å². The van der Waals surface area contributed by atoms with Crippen molar-refractivity contribution < 1.29 is 19.4 Å². The van der Waals surface area contributed by atoms with E-state index < -0.39 is 12.0 Å². The minimum Gasteiger partial charge on any atom is -0.484 e. The molecule has 0 bridgehead atoms. The van der Waals surface area contributed by atoms with Crippen molar-refractivity contribution in [3.8, 4) is 5.75 Å². The second-order valence-corrected chi connectivity index (χ2v) is 4.86. The number of carboxylic acids is 1. The molecule has 0 aromatic heterocycles. The molecule has 0 aliphatic heterocycles. The van der Waals surface area contributed by atoms with Crippen molar-refractivity contribution in [3.05, 3.63) is 42.5 Å². The van der Waals surface area contributed by atoms with Crippen LogP contribution in [0, 0.1) is 0 Å². The van der Waals surface area contributed by atoms with Gasteiger partial charge >= 0.3 is 5.97 Å². The normalized spacial score (nSPS) is 11.9. The van der Waals surface area contributed by atoms with Crippen molar-refractivity contribution in [1.82, 2.24) is 5.32 Å². The van der Waals surface area contributed by atoms with Crippen molar-refractivity contribution in [2.24, 2.45) is 0 Å². The number of ether oxygens (including phenoxy) is 1. The summed E-state index contributed by atoms with van der Waals surface area (Å²) >= 11 is 0. The lowest BCUT2D eigenvalue weighted by Crippen LogP contribution is -2.37. The monoisotopic (exact) mass is 287 g/mol. The number of hydrogen-bond acceptors (Lipinski definition) is 3. The van der Waals surface area contributed by atoms with E-state index in [1.807, 2.05) is 36.4 Å². The van der Waals surface area contributed by atoms with Crippen LogP contribution < -0.4 is 10.1 Å². The van der Waals surface area contributed by atoms with Gasteiger partial charge in [-0.1, -0.05) is 30.3 Å². The van der Waals surface area contributed by atoms with Gasteiger partial charge in [0.15, 0.2) is 6.61 Å². The van der Waals surface area contributed by atoms with E-state index in [9.17, 15) is 9.59 Å². The molecule has 21 heavy (non-hydrogen) atoms. The predicted molar refractivity (Wildman–Crippen MR) is 79.3 cm³/mol. The first kappa shape index (κ1) is 14.8. The van der Waals surface area contributed by atoms with Gasteiger partial charge in [-0.3, -0.25) is 9.59 Å². The minimum absolute atomic E-state index is 0.109. The van der Waals surface area contributed by atoms with Crippen LogP contribution in [0.4, 0.5) is 0 Å². The van der Waals surface area contributed by atoms with Crippen molar-refractivity contribution in [2.75, 3.05) is 6.61 Å². The highest BCUT2D eigenvalue weighted by Crippen LogP contribution is 2.20. The molecule has 1 atom stereocenters. The molecule has 0 aliphatic carbocycles. The Hall–Kier alpha value is -2.56. The second kappa shape index (κ2) is 6.74. The van der Waals surface area contributed by atoms with E-state index in [1.165, 1.54) is 0 Å². The maximum Gasteiger partial charge on any atom is 0.305 e. The number of fused-ring (bicyclic) bond motifs is 1. The summed E-state index contributed by atoms with van der Waals surface area (Å²) in [7, 11) is 0. The largest absolute Gasteiger partial charge is 0.484 e. The SMILES string of the molecule is CC(CC(=O)O)NC(=O)COc1ccc2ccccc2c1. The number of benzene rings is 2. The summed E-state index contributed by atoms with van der Waals surface area (Å²) in [5.41, 5.74) is 0. The fourth-order valence-corrected chi connectivity index (χ4v) is 2.04. The van der Waals surface area contributed by atoms with E-state index in [0.29, 0.717) is 5.75 Å². The number of nitrogens with one attached hydrogen (secondary N) is 1. The third-order valence-corrected chi connectivity index (χ3v) is 2.98. The summed E-state index contributed by atoms with van der Waals surface area (Å²) in [6, 6.07) is 13.0. The highest BCUT2D eigenvalue weighted by molar-refractivity contribution is 5.84. The lowest BCUT2D eigenvalue weighted by Gasteiger charge is -2.12. The van der Waals surface area contributed by atoms with Gasteiger partial charge in [0.05, 0.1) is 6.42 Å². The quantitative estimate of drug-likeness (QED) is 0.854. The summed E-state index contributed by atoms with van der Waals surface area (Å²) in [6.45, 7) is 1.50. The van der Waals surface area contributed by atoms with Gasteiger partial charge in [0, 0.05) is 6.04 Å². The fraction of sp³-hybridized carbons (Fsp3) is 0.250. The highest BCUT2D eigenvalue weighted by atomic mass is 16.5. The van der Waals surface area contributed by atoms with Gasteiger partial charge in [-0.05, 0) is 29.8 Å². The molecule has 0 saturated carbocycles. The van der Waals surface area contributed by atoms with Crippen molar-refractivity contribution in [2.45, 2.75) is 19.4 Å². The Morgan fingerprint density at radius 3 is 2.62 bits per heavy atom. The smallest absolute Gasteiger partial charge is 0.305 e. The molecule has 5 heteroatoms. The minimum atomic E-state index is -0.946. The van der Waals surface area contributed by atoms with Crippen molar-refractivity contribution in [3.63, 3.8) is 0 Å². The molecule has 0 heterocycles. The van der Waals surface area contributed by atoms with Crippen LogP contribution >= 0.6 is 0 Å². The van der Waals surface area contributed by atoms with Crippen LogP contribution in [0.1, 0.15) is 13.3 Å². The Kier molecular flexibility index (Phi) is 4.77. The van der Waals surface area contributed by atoms with E-state index in [4.69, 9.17) is 9.84 Å². The van der Waals surface area contributed by atoms with Crippen LogP contribution in [-0.4, -0.2) is 29.6 Å². The van der Waals surface area contributed by atoms with Crippen LogP contribution in [0.3, 0.4) is 0 Å². The van der Waals surface area contributed by atoms with Crippen molar-refractivity contribution >= 4 is 22.6 Å². The molecule has 0 saturated heterocycles. The molecule has 0 spiro atoms. The molecule has 2 aromatic carbocycles. The number of hydrogen-bond donors (Lipinski definition) is 2. The van der Waals surface area contributed by atoms with E-state index in [-0.39, 0.29) is 18.9 Å². The summed E-state index contributed by atoms with van der Waals surface area (Å²) in [5.74, 6) is -0.676. The van der Waals surface area contributed by atoms with E-state index in [2.05, 4.69) is 5.32 Å². The molecule has 2 aromatic rings. The van der Waals surface area contributed by atoms with Gasteiger partial charge in [0.25, 0.3) is 5.91 Å². The van der Waals surface area contributed by atoms with Gasteiger partial charge in [-0.25, -0.2) is 0 Å². The van der Waals surface area contributed by atoms with Crippen LogP contribution in [0.2, 0.25) is 0 Å². The lowest BCUT2D eigenvalue weighted by atomic mass is 10.1. The number of rotatable bonds is 6. The third kappa shape index (κ3) is 4.49. The van der Waals surface area contributed by atoms with Gasteiger partial charge in [-0.15, -0.1) is 0 Å². The number of aliphatic carboxylic acids is 1. The average Bonchev–Trinajstić information content (AvgIpc) is 2.44. The molecule has 2 N–H and O–H groups in total. The maximum atomic E-state index is 11.6. The number of amides is 1. The van der Waals surface area contributed by atoms with Crippen LogP contribution in [0.15, 0.2) is 42.5 Å². The van der Waals surface area contributed by atoms with Gasteiger partial charge in [0.2, 0.25) is 0 Å². The Labute approximate surface area is 122 Å². The van der Waals surface area contributed by atoms with E-state index in [1.54, 1.807) is 13.0 Å². The standard InChI is InChI=1S/C16H17NO4/c1-11(8-16(19)20)17-15(18)10-21-14-7-6-12-4-2-3-5-13(12)9-14/h2-7,9,11H,8,10H2,1H3,(H,17,18)(H,19,20). The first-order valence-electron chi connectivity index (χ1n) is 6.67.